The van der Waals surface area contributed by atoms with E-state index >= 15 is 0 Å². The molecule has 3 aromatic rings. The summed E-state index contributed by atoms with van der Waals surface area (Å²) >= 11 is 5.85. The lowest BCUT2D eigenvalue weighted by Crippen LogP contribution is -2.16. The lowest BCUT2D eigenvalue weighted by atomic mass is 10.2. The van der Waals surface area contributed by atoms with Crippen LogP contribution in [0, 0.1) is 0 Å². The van der Waals surface area contributed by atoms with E-state index in [0.29, 0.717) is 11.6 Å². The summed E-state index contributed by atoms with van der Waals surface area (Å²) in [5, 5.41) is 4.59. The number of hydrazone groups is 1. The average molecular weight is 355 g/mol. The maximum absolute atomic E-state index is 11.6. The minimum atomic E-state index is -0.399. The monoisotopic (exact) mass is 354 g/mol. The summed E-state index contributed by atoms with van der Waals surface area (Å²) < 4.78 is 10.7. The van der Waals surface area contributed by atoms with E-state index in [2.05, 4.69) is 10.5 Å². The van der Waals surface area contributed by atoms with Crippen molar-refractivity contribution >= 4 is 23.7 Å². The summed E-state index contributed by atoms with van der Waals surface area (Å²) in [7, 11) is 0. The summed E-state index contributed by atoms with van der Waals surface area (Å²) in [5.74, 6) is 0.555. The van der Waals surface area contributed by atoms with Crippen LogP contribution in [0.2, 0.25) is 5.02 Å². The molecule has 1 amide bonds. The summed E-state index contributed by atoms with van der Waals surface area (Å²) in [6.45, 7) is 0.462. The zero-order valence-electron chi connectivity index (χ0n) is 13.2. The number of carbonyl (C=O) groups excluding carboxylic acids is 1. The Bertz CT molecular complexity index is 841. The highest BCUT2D eigenvalue weighted by molar-refractivity contribution is 6.30. The van der Waals surface area contributed by atoms with Gasteiger partial charge in [0.05, 0.1) is 12.5 Å². The molecule has 6 heteroatoms. The molecule has 25 heavy (non-hydrogen) atoms. The van der Waals surface area contributed by atoms with E-state index in [-0.39, 0.29) is 5.76 Å². The second-order valence-electron chi connectivity index (χ2n) is 5.16. The number of benzene rings is 2. The van der Waals surface area contributed by atoms with E-state index in [1.165, 1.54) is 6.26 Å². The van der Waals surface area contributed by atoms with Crippen molar-refractivity contribution in [1.82, 2.24) is 5.43 Å². The molecule has 1 heterocycles. The molecule has 0 aliphatic carbocycles. The molecule has 3 rings (SSSR count). The first kappa shape index (κ1) is 16.8. The van der Waals surface area contributed by atoms with Gasteiger partial charge in [0.1, 0.15) is 12.4 Å². The van der Waals surface area contributed by atoms with Gasteiger partial charge in [-0.1, -0.05) is 23.7 Å². The first-order chi connectivity index (χ1) is 12.2. The van der Waals surface area contributed by atoms with Crippen LogP contribution >= 0.6 is 11.6 Å². The first-order valence-corrected chi connectivity index (χ1v) is 7.93. The van der Waals surface area contributed by atoms with E-state index in [9.17, 15) is 4.79 Å². The van der Waals surface area contributed by atoms with Crippen LogP contribution in [0.1, 0.15) is 21.7 Å². The Kier molecular flexibility index (Phi) is 5.49. The van der Waals surface area contributed by atoms with Gasteiger partial charge in [-0.15, -0.1) is 0 Å². The molecule has 126 valence electrons. The van der Waals surface area contributed by atoms with Crippen molar-refractivity contribution in [3.8, 4) is 5.75 Å². The predicted octanol–water partition coefficient (Wildman–Crippen LogP) is 4.28. The Hall–Kier alpha value is -3.05. The second kappa shape index (κ2) is 8.17. The Labute approximate surface area is 149 Å². The largest absolute Gasteiger partial charge is 0.489 e. The molecule has 0 saturated heterocycles. The number of nitrogens with one attached hydrogen (secondary N) is 1. The Morgan fingerprint density at radius 3 is 2.56 bits per heavy atom. The standard InChI is InChI=1S/C19H15ClN2O3/c20-16-7-3-15(4-8-16)13-25-17-9-5-14(6-10-17)12-21-22-19(23)18-2-1-11-24-18/h1-12H,13H2,(H,22,23)/b21-12+. The quantitative estimate of drug-likeness (QED) is 0.531. The van der Waals surface area contributed by atoms with Gasteiger partial charge in [0.2, 0.25) is 0 Å². The number of carbonyl (C=O) groups is 1. The number of nitrogens with zero attached hydrogens (tertiary/aromatic N) is 1. The molecule has 0 bridgehead atoms. The third kappa shape index (κ3) is 4.96. The molecule has 0 radical (unpaired) electrons. The minimum absolute atomic E-state index is 0.211. The highest BCUT2D eigenvalue weighted by Crippen LogP contribution is 2.15. The van der Waals surface area contributed by atoms with Crippen molar-refractivity contribution < 1.29 is 13.9 Å². The van der Waals surface area contributed by atoms with Crippen LogP contribution < -0.4 is 10.2 Å². The molecule has 0 spiro atoms. The molecule has 0 saturated carbocycles. The smallest absolute Gasteiger partial charge is 0.307 e. The van der Waals surface area contributed by atoms with Crippen molar-refractivity contribution in [3.05, 3.63) is 88.8 Å². The molecule has 0 fully saturated rings. The van der Waals surface area contributed by atoms with Crippen LogP contribution in [-0.4, -0.2) is 12.1 Å². The first-order valence-electron chi connectivity index (χ1n) is 7.55. The number of ether oxygens (including phenoxy) is 1. The maximum Gasteiger partial charge on any atom is 0.307 e. The van der Waals surface area contributed by atoms with Crippen molar-refractivity contribution in [3.63, 3.8) is 0 Å². The average Bonchev–Trinajstić information content (AvgIpc) is 3.17. The van der Waals surface area contributed by atoms with Gasteiger partial charge in [-0.25, -0.2) is 5.43 Å². The SMILES string of the molecule is O=C(N/N=C/c1ccc(OCc2ccc(Cl)cc2)cc1)c1ccco1. The number of halogens is 1. The fraction of sp³-hybridized carbons (Fsp3) is 0.0526. The molecule has 0 unspecified atom stereocenters. The number of hydrogen-bond acceptors (Lipinski definition) is 4. The van der Waals surface area contributed by atoms with E-state index in [4.69, 9.17) is 20.8 Å². The maximum atomic E-state index is 11.6. The molecule has 0 aliphatic heterocycles. The summed E-state index contributed by atoms with van der Waals surface area (Å²) in [6.07, 6.45) is 2.98. The molecule has 1 aromatic heterocycles. The number of hydrogen-bond donors (Lipinski definition) is 1. The van der Waals surface area contributed by atoms with Gasteiger partial charge in [0.15, 0.2) is 5.76 Å². The van der Waals surface area contributed by atoms with Gasteiger partial charge in [-0.05, 0) is 59.7 Å². The van der Waals surface area contributed by atoms with Gasteiger partial charge < -0.3 is 9.15 Å². The molecule has 1 N–H and O–H groups in total. The fourth-order valence-electron chi connectivity index (χ4n) is 2.03. The highest BCUT2D eigenvalue weighted by atomic mass is 35.5. The van der Waals surface area contributed by atoms with Gasteiger partial charge in [0.25, 0.3) is 0 Å². The number of rotatable bonds is 6. The van der Waals surface area contributed by atoms with Gasteiger partial charge in [0, 0.05) is 5.02 Å². The van der Waals surface area contributed by atoms with E-state index < -0.39 is 5.91 Å². The molecule has 0 atom stereocenters. The molecule has 2 aromatic carbocycles. The molecular formula is C19H15ClN2O3. The normalized spacial score (nSPS) is 10.8. The van der Waals surface area contributed by atoms with E-state index in [1.54, 1.807) is 18.3 Å². The molecular weight excluding hydrogens is 340 g/mol. The van der Waals surface area contributed by atoms with E-state index in [0.717, 1.165) is 16.9 Å². The lowest BCUT2D eigenvalue weighted by molar-refractivity contribution is 0.0927. The van der Waals surface area contributed by atoms with Crippen LogP contribution in [-0.2, 0) is 6.61 Å². The molecule has 0 aliphatic rings. The van der Waals surface area contributed by atoms with Crippen LogP contribution in [0.15, 0.2) is 76.4 Å². The van der Waals surface area contributed by atoms with Gasteiger partial charge in [-0.3, -0.25) is 4.79 Å². The van der Waals surface area contributed by atoms with Crippen LogP contribution in [0.5, 0.6) is 5.75 Å². The fourth-order valence-corrected chi connectivity index (χ4v) is 2.15. The van der Waals surface area contributed by atoms with Gasteiger partial charge in [-0.2, -0.15) is 5.10 Å². The zero-order chi connectivity index (χ0) is 17.5. The lowest BCUT2D eigenvalue weighted by Gasteiger charge is -2.06. The third-order valence-electron chi connectivity index (χ3n) is 3.32. The van der Waals surface area contributed by atoms with Crippen molar-refractivity contribution in [2.45, 2.75) is 6.61 Å². The van der Waals surface area contributed by atoms with E-state index in [1.807, 2.05) is 48.5 Å². The summed E-state index contributed by atoms with van der Waals surface area (Å²) in [5.41, 5.74) is 4.26. The molecule has 5 nitrogen and oxygen atoms in total. The Morgan fingerprint density at radius 1 is 1.12 bits per heavy atom. The second-order valence-corrected chi connectivity index (χ2v) is 5.60. The highest BCUT2D eigenvalue weighted by Gasteiger charge is 2.05. The topological polar surface area (TPSA) is 63.8 Å². The minimum Gasteiger partial charge on any atom is -0.489 e. The Morgan fingerprint density at radius 2 is 1.88 bits per heavy atom. The summed E-state index contributed by atoms with van der Waals surface area (Å²) in [6, 6.07) is 18.1. The van der Waals surface area contributed by atoms with Crippen molar-refractivity contribution in [2.24, 2.45) is 5.10 Å². The van der Waals surface area contributed by atoms with Crippen LogP contribution in [0.3, 0.4) is 0 Å². The summed E-state index contributed by atoms with van der Waals surface area (Å²) in [4.78, 5) is 11.6. The van der Waals surface area contributed by atoms with Crippen LogP contribution in [0.25, 0.3) is 0 Å². The van der Waals surface area contributed by atoms with Gasteiger partial charge >= 0.3 is 5.91 Å². The zero-order valence-corrected chi connectivity index (χ0v) is 13.9. The van der Waals surface area contributed by atoms with Crippen LogP contribution in [0.4, 0.5) is 0 Å². The third-order valence-corrected chi connectivity index (χ3v) is 3.58. The number of furan rings is 1. The van der Waals surface area contributed by atoms with Crippen molar-refractivity contribution in [1.29, 1.82) is 0 Å². The predicted molar refractivity (Wildman–Crippen MR) is 96.0 cm³/mol. The van der Waals surface area contributed by atoms with Crippen molar-refractivity contribution in [2.75, 3.05) is 0 Å². The number of amides is 1. The Balaban J connectivity index is 1.50.